The minimum Gasteiger partial charge on any atom is -0.464 e. The fourth-order valence-electron chi connectivity index (χ4n) is 3.17. The predicted octanol–water partition coefficient (Wildman–Crippen LogP) is 0.937. The molecule has 36 heavy (non-hydrogen) atoms. The first-order chi connectivity index (χ1) is 17.0. The third-order valence-corrected chi connectivity index (χ3v) is 8.19. The number of nitrogens with zero attached hydrogens (tertiary/aromatic N) is 3. The van der Waals surface area contributed by atoms with Crippen molar-refractivity contribution in [2.75, 3.05) is 18.9 Å². The second kappa shape index (κ2) is 12.2. The van der Waals surface area contributed by atoms with Crippen LogP contribution < -0.4 is 21.0 Å². The van der Waals surface area contributed by atoms with Crippen molar-refractivity contribution in [1.82, 2.24) is 19.6 Å². The van der Waals surface area contributed by atoms with Gasteiger partial charge in [-0.15, -0.1) is 11.8 Å². The van der Waals surface area contributed by atoms with E-state index in [9.17, 15) is 24.4 Å². The van der Waals surface area contributed by atoms with Gasteiger partial charge in [0.05, 0.1) is 24.6 Å². The number of carbonyl (C=O) groups excluding carboxylic acids is 1. The summed E-state index contributed by atoms with van der Waals surface area (Å²) >= 11 is 1.00. The van der Waals surface area contributed by atoms with Crippen molar-refractivity contribution >= 4 is 31.4 Å². The highest BCUT2D eigenvalue weighted by molar-refractivity contribution is 8.00. The Bertz CT molecular complexity index is 1140. The van der Waals surface area contributed by atoms with Crippen LogP contribution in [0.4, 0.5) is 5.95 Å². The molecule has 0 spiro atoms. The van der Waals surface area contributed by atoms with Crippen LogP contribution in [0.1, 0.15) is 26.1 Å². The molecule has 0 radical (unpaired) electrons. The highest BCUT2D eigenvalue weighted by Gasteiger charge is 2.45. The van der Waals surface area contributed by atoms with E-state index in [1.54, 1.807) is 30.3 Å². The molecule has 15 heteroatoms. The number of thioether (sulfide) groups is 1. The molecule has 3 rings (SSSR count). The minimum atomic E-state index is -4.17. The molecular formula is C21H30N5O8PS. The standard InChI is InChI=1S/C21H30N5O8PS/c1-12(2)9-32-19(29)13(3)25-35(31,34-14-7-5-4-6-8-14)33-10-15-16(27)17(28)18(36-15)26-11-23-20(22)24-21(26)30/h4-8,11-13,15-18,27-28H,9-10H2,1-3H3,(H,25,31)(H2,22,24,30)/t13-,15+,16-,17-,18+,35?/m0/s1. The van der Waals surface area contributed by atoms with Gasteiger partial charge in [-0.25, -0.2) is 14.3 Å². The monoisotopic (exact) mass is 543 g/mol. The SMILES string of the molecule is CC(C)COC(=O)[C@H](C)NP(=O)(OC[C@H]1S[C@@H](n2cnc(N)nc2=O)[C@@H](O)[C@H]1O)Oc1ccccc1. The number of nitrogens with one attached hydrogen (secondary N) is 1. The summed E-state index contributed by atoms with van der Waals surface area (Å²) in [5, 5.41) is 21.9. The fourth-order valence-corrected chi connectivity index (χ4v) is 6.21. The smallest absolute Gasteiger partial charge is 0.459 e. The van der Waals surface area contributed by atoms with Crippen LogP contribution in [0.2, 0.25) is 0 Å². The number of aliphatic hydroxyl groups is 2. The van der Waals surface area contributed by atoms with Gasteiger partial charge < -0.3 is 25.2 Å². The molecule has 2 aromatic rings. The zero-order chi connectivity index (χ0) is 26.5. The van der Waals surface area contributed by atoms with Gasteiger partial charge in [0, 0.05) is 0 Å². The van der Waals surface area contributed by atoms with Gasteiger partial charge in [-0.2, -0.15) is 10.1 Å². The quantitative estimate of drug-likeness (QED) is 0.232. The van der Waals surface area contributed by atoms with Crippen molar-refractivity contribution in [2.45, 2.75) is 49.6 Å². The number of rotatable bonds is 11. The number of nitrogens with two attached hydrogens (primary N) is 1. The fraction of sp³-hybridized carbons (Fsp3) is 0.524. The van der Waals surface area contributed by atoms with Gasteiger partial charge in [-0.05, 0) is 25.0 Å². The summed E-state index contributed by atoms with van der Waals surface area (Å²) in [6.45, 7) is 5.06. The summed E-state index contributed by atoms with van der Waals surface area (Å²) in [7, 11) is -4.17. The van der Waals surface area contributed by atoms with E-state index in [4.69, 9.17) is 19.5 Å². The molecule has 6 atom stereocenters. The average Bonchev–Trinajstić information content (AvgIpc) is 3.10. The van der Waals surface area contributed by atoms with Gasteiger partial charge in [0.25, 0.3) is 0 Å². The molecule has 0 aliphatic carbocycles. The van der Waals surface area contributed by atoms with Crippen molar-refractivity contribution in [1.29, 1.82) is 0 Å². The lowest BCUT2D eigenvalue weighted by atomic mass is 10.1. The lowest BCUT2D eigenvalue weighted by Gasteiger charge is -2.24. The Labute approximate surface area is 212 Å². The first-order valence-corrected chi connectivity index (χ1v) is 13.6. The zero-order valence-corrected chi connectivity index (χ0v) is 21.7. The van der Waals surface area contributed by atoms with Crippen molar-refractivity contribution in [3.63, 3.8) is 0 Å². The van der Waals surface area contributed by atoms with Crippen LogP contribution >= 0.6 is 19.5 Å². The number of hydrogen-bond acceptors (Lipinski definition) is 12. The molecule has 0 bridgehead atoms. The first kappa shape index (κ1) is 28.1. The Morgan fingerprint density at radius 3 is 2.58 bits per heavy atom. The topological polar surface area (TPSA) is 188 Å². The molecule has 1 aliphatic rings. The molecular weight excluding hydrogens is 513 g/mol. The van der Waals surface area contributed by atoms with Crippen LogP contribution in [0.25, 0.3) is 0 Å². The molecule has 1 fully saturated rings. The molecule has 5 N–H and O–H groups in total. The molecule has 13 nitrogen and oxygen atoms in total. The summed E-state index contributed by atoms with van der Waals surface area (Å²) in [5.74, 6) is -0.527. The van der Waals surface area contributed by atoms with Crippen molar-refractivity contribution in [3.8, 4) is 5.75 Å². The highest BCUT2D eigenvalue weighted by atomic mass is 32.2. The lowest BCUT2D eigenvalue weighted by Crippen LogP contribution is -2.38. The van der Waals surface area contributed by atoms with E-state index in [2.05, 4.69) is 15.1 Å². The maximum Gasteiger partial charge on any atom is 0.459 e. The number of benzene rings is 1. The zero-order valence-electron chi connectivity index (χ0n) is 20.0. The van der Waals surface area contributed by atoms with E-state index in [0.717, 1.165) is 22.7 Å². The molecule has 1 unspecified atom stereocenters. The Balaban J connectivity index is 1.73. The van der Waals surface area contributed by atoms with E-state index in [1.165, 1.54) is 6.92 Å². The lowest BCUT2D eigenvalue weighted by molar-refractivity contribution is -0.146. The number of ether oxygens (including phenoxy) is 1. The van der Waals surface area contributed by atoms with Crippen LogP contribution in [-0.2, 0) is 18.6 Å². The Kier molecular flexibility index (Phi) is 9.50. The second-order valence-electron chi connectivity index (χ2n) is 8.52. The second-order valence-corrected chi connectivity index (χ2v) is 11.6. The largest absolute Gasteiger partial charge is 0.464 e. The third-order valence-electron chi connectivity index (χ3n) is 5.00. The van der Waals surface area contributed by atoms with Gasteiger partial charge in [0.15, 0.2) is 0 Å². The van der Waals surface area contributed by atoms with E-state index < -0.39 is 48.3 Å². The summed E-state index contributed by atoms with van der Waals surface area (Å²) in [6.07, 6.45) is -1.60. The third kappa shape index (κ3) is 7.28. The van der Waals surface area contributed by atoms with Crippen LogP contribution in [0.3, 0.4) is 0 Å². The number of nitrogen functional groups attached to an aromatic ring is 1. The molecule has 0 saturated carbocycles. The number of carbonyl (C=O) groups is 1. The molecule has 0 amide bonds. The Hall–Kier alpha value is -2.48. The van der Waals surface area contributed by atoms with Gasteiger partial charge in [-0.3, -0.25) is 13.9 Å². The van der Waals surface area contributed by atoms with Crippen molar-refractivity contribution in [3.05, 3.63) is 47.1 Å². The van der Waals surface area contributed by atoms with Crippen molar-refractivity contribution in [2.24, 2.45) is 5.92 Å². The highest BCUT2D eigenvalue weighted by Crippen LogP contribution is 2.48. The van der Waals surface area contributed by atoms with Crippen LogP contribution in [-0.4, -0.2) is 67.4 Å². The molecule has 1 aliphatic heterocycles. The van der Waals surface area contributed by atoms with Crippen LogP contribution in [0.5, 0.6) is 5.75 Å². The number of anilines is 1. The predicted molar refractivity (Wildman–Crippen MR) is 132 cm³/mol. The Morgan fingerprint density at radius 2 is 1.94 bits per heavy atom. The van der Waals surface area contributed by atoms with Gasteiger partial charge in [0.1, 0.15) is 29.6 Å². The summed E-state index contributed by atoms with van der Waals surface area (Å²) in [4.78, 5) is 31.8. The first-order valence-electron chi connectivity index (χ1n) is 11.1. The number of para-hydroxylation sites is 1. The summed E-state index contributed by atoms with van der Waals surface area (Å²) in [6, 6.07) is 7.17. The minimum absolute atomic E-state index is 0.115. The Morgan fingerprint density at radius 1 is 1.25 bits per heavy atom. The normalized spacial score (nSPS) is 24.3. The van der Waals surface area contributed by atoms with E-state index in [0.29, 0.717) is 0 Å². The average molecular weight is 544 g/mol. The number of aliphatic hydroxyl groups excluding tert-OH is 2. The van der Waals surface area contributed by atoms with Gasteiger partial charge in [0.2, 0.25) is 5.95 Å². The van der Waals surface area contributed by atoms with Crippen LogP contribution in [0, 0.1) is 5.92 Å². The number of esters is 1. The van der Waals surface area contributed by atoms with Crippen LogP contribution in [0.15, 0.2) is 41.5 Å². The number of aromatic nitrogens is 3. The maximum atomic E-state index is 13.6. The van der Waals surface area contributed by atoms with E-state index >= 15 is 0 Å². The van der Waals surface area contributed by atoms with E-state index in [-0.39, 0.29) is 30.8 Å². The van der Waals surface area contributed by atoms with Gasteiger partial charge in [-0.1, -0.05) is 32.0 Å². The summed E-state index contributed by atoms with van der Waals surface area (Å²) < 4.78 is 31.0. The summed E-state index contributed by atoms with van der Waals surface area (Å²) in [5.41, 5.74) is 4.66. The maximum absolute atomic E-state index is 13.6. The molecule has 1 saturated heterocycles. The number of hydrogen-bond donors (Lipinski definition) is 4. The molecule has 1 aromatic heterocycles. The van der Waals surface area contributed by atoms with Crippen molar-refractivity contribution < 1.29 is 33.4 Å². The molecule has 1 aromatic carbocycles. The molecule has 198 valence electrons. The van der Waals surface area contributed by atoms with Gasteiger partial charge >= 0.3 is 19.4 Å². The molecule has 2 heterocycles. The van der Waals surface area contributed by atoms with E-state index in [1.807, 2.05) is 13.8 Å².